The summed E-state index contributed by atoms with van der Waals surface area (Å²) in [7, 11) is 1.42. The number of ether oxygens (including phenoxy) is 3. The van der Waals surface area contributed by atoms with Crippen LogP contribution in [0.3, 0.4) is 0 Å². The minimum absolute atomic E-state index is 0.120. The molecule has 0 aliphatic carbocycles. The summed E-state index contributed by atoms with van der Waals surface area (Å²) in [5.74, 6) is -1.93. The fourth-order valence-electron chi connectivity index (χ4n) is 2.39. The Bertz CT molecular complexity index is 959. The van der Waals surface area contributed by atoms with Gasteiger partial charge in [-0.3, -0.25) is 14.4 Å². The molecule has 3 amide bonds. The molecule has 2 rings (SSSR count). The Hall–Kier alpha value is -4.08. The Kier molecular flexibility index (Phi) is 7.74. The zero-order chi connectivity index (χ0) is 22.1. The van der Waals surface area contributed by atoms with Crippen LogP contribution in [0.15, 0.2) is 42.5 Å². The number of hydrogen-bond acceptors (Lipinski definition) is 7. The Morgan fingerprint density at radius 1 is 0.967 bits per heavy atom. The molecule has 0 aromatic heterocycles. The average Bonchev–Trinajstić information content (AvgIpc) is 2.70. The van der Waals surface area contributed by atoms with Crippen LogP contribution in [0.5, 0.6) is 11.5 Å². The van der Waals surface area contributed by atoms with Crippen molar-refractivity contribution >= 4 is 35.1 Å². The number of amides is 3. The molecule has 10 heteroatoms. The first-order valence-electron chi connectivity index (χ1n) is 8.73. The lowest BCUT2D eigenvalue weighted by molar-refractivity contribution is -0.149. The van der Waals surface area contributed by atoms with Crippen molar-refractivity contribution < 1.29 is 33.4 Å². The minimum Gasteiger partial charge on any atom is -0.495 e. The quantitative estimate of drug-likeness (QED) is 0.523. The van der Waals surface area contributed by atoms with Gasteiger partial charge in [-0.05, 0) is 30.3 Å². The van der Waals surface area contributed by atoms with Crippen molar-refractivity contribution in [1.82, 2.24) is 0 Å². The van der Waals surface area contributed by atoms with E-state index in [1.165, 1.54) is 32.2 Å². The summed E-state index contributed by atoms with van der Waals surface area (Å²) in [6.45, 7) is 0.262. The molecule has 2 aromatic carbocycles. The fourth-order valence-corrected chi connectivity index (χ4v) is 2.39. The molecule has 0 unspecified atom stereocenters. The van der Waals surface area contributed by atoms with E-state index in [0.29, 0.717) is 11.4 Å². The SMILES string of the molecule is COc1ccc(NC(C)=O)cc1NC(=O)COC(=O)COc1ccccc1C(N)=O. The second-order valence-electron chi connectivity index (χ2n) is 5.95. The molecule has 0 fully saturated rings. The lowest BCUT2D eigenvalue weighted by Gasteiger charge is -2.13. The summed E-state index contributed by atoms with van der Waals surface area (Å²) < 4.78 is 15.3. The van der Waals surface area contributed by atoms with Crippen LogP contribution < -0.4 is 25.8 Å². The highest BCUT2D eigenvalue weighted by Gasteiger charge is 2.14. The van der Waals surface area contributed by atoms with E-state index in [1.807, 2.05) is 0 Å². The van der Waals surface area contributed by atoms with Gasteiger partial charge in [-0.1, -0.05) is 12.1 Å². The number of methoxy groups -OCH3 is 1. The Labute approximate surface area is 172 Å². The molecule has 0 spiro atoms. The number of para-hydroxylation sites is 1. The summed E-state index contributed by atoms with van der Waals surface area (Å²) >= 11 is 0. The predicted octanol–water partition coefficient (Wildman–Crippen LogP) is 1.31. The van der Waals surface area contributed by atoms with Crippen LogP contribution in [-0.4, -0.2) is 44.0 Å². The Morgan fingerprint density at radius 2 is 1.70 bits per heavy atom. The van der Waals surface area contributed by atoms with Gasteiger partial charge in [0.15, 0.2) is 13.2 Å². The van der Waals surface area contributed by atoms with Gasteiger partial charge >= 0.3 is 5.97 Å². The average molecular weight is 415 g/mol. The second kappa shape index (κ2) is 10.5. The van der Waals surface area contributed by atoms with Gasteiger partial charge in [0.25, 0.3) is 11.8 Å². The van der Waals surface area contributed by atoms with Crippen molar-refractivity contribution in [2.24, 2.45) is 5.73 Å². The highest BCUT2D eigenvalue weighted by Crippen LogP contribution is 2.27. The van der Waals surface area contributed by atoms with Crippen molar-refractivity contribution in [3.8, 4) is 11.5 Å². The molecule has 0 aliphatic rings. The fraction of sp³-hybridized carbons (Fsp3) is 0.200. The maximum atomic E-state index is 12.1. The number of esters is 1. The number of primary amides is 1. The molecule has 0 saturated heterocycles. The molecule has 30 heavy (non-hydrogen) atoms. The van der Waals surface area contributed by atoms with Gasteiger partial charge in [0.1, 0.15) is 11.5 Å². The zero-order valence-corrected chi connectivity index (χ0v) is 16.4. The molecule has 0 bridgehead atoms. The summed E-state index contributed by atoms with van der Waals surface area (Å²) in [4.78, 5) is 46.4. The highest BCUT2D eigenvalue weighted by atomic mass is 16.6. The molecule has 0 aliphatic heterocycles. The third kappa shape index (κ3) is 6.51. The van der Waals surface area contributed by atoms with Crippen LogP contribution in [0.4, 0.5) is 11.4 Å². The largest absolute Gasteiger partial charge is 0.495 e. The first kappa shape index (κ1) is 22.2. The van der Waals surface area contributed by atoms with Crippen LogP contribution >= 0.6 is 0 Å². The molecule has 0 radical (unpaired) electrons. The van der Waals surface area contributed by atoms with Crippen molar-refractivity contribution in [2.75, 3.05) is 31.0 Å². The number of carbonyl (C=O) groups is 4. The number of rotatable bonds is 9. The van der Waals surface area contributed by atoms with Gasteiger partial charge in [0.05, 0.1) is 18.4 Å². The molecule has 0 saturated carbocycles. The zero-order valence-electron chi connectivity index (χ0n) is 16.4. The molecular weight excluding hydrogens is 394 g/mol. The first-order valence-corrected chi connectivity index (χ1v) is 8.73. The van der Waals surface area contributed by atoms with Crippen molar-refractivity contribution in [3.63, 3.8) is 0 Å². The maximum Gasteiger partial charge on any atom is 0.344 e. The van der Waals surface area contributed by atoms with E-state index >= 15 is 0 Å². The van der Waals surface area contributed by atoms with Crippen molar-refractivity contribution in [2.45, 2.75) is 6.92 Å². The number of carbonyl (C=O) groups excluding carboxylic acids is 4. The number of benzene rings is 2. The van der Waals surface area contributed by atoms with E-state index in [2.05, 4.69) is 10.6 Å². The highest BCUT2D eigenvalue weighted by molar-refractivity contribution is 5.97. The summed E-state index contributed by atoms with van der Waals surface area (Å²) in [5.41, 5.74) is 6.10. The third-order valence-electron chi connectivity index (χ3n) is 3.66. The topological polar surface area (TPSA) is 146 Å². The van der Waals surface area contributed by atoms with Gasteiger partial charge in [-0.15, -0.1) is 0 Å². The molecular formula is C20H21N3O7. The lowest BCUT2D eigenvalue weighted by atomic mass is 10.2. The Balaban J connectivity index is 1.89. The Morgan fingerprint density at radius 3 is 2.37 bits per heavy atom. The van der Waals surface area contributed by atoms with E-state index in [9.17, 15) is 19.2 Å². The van der Waals surface area contributed by atoms with E-state index in [-0.39, 0.29) is 22.9 Å². The van der Waals surface area contributed by atoms with E-state index < -0.39 is 31.0 Å². The standard InChI is InChI=1S/C20H21N3O7/c1-12(24)22-13-7-8-17(28-2)15(9-13)23-18(25)10-30-19(26)11-29-16-6-4-3-5-14(16)20(21)27/h3-9H,10-11H2,1-2H3,(H2,21,27)(H,22,24)(H,23,25). The molecule has 2 aromatic rings. The third-order valence-corrected chi connectivity index (χ3v) is 3.66. The molecule has 0 atom stereocenters. The summed E-state index contributed by atoms with van der Waals surface area (Å²) in [6.07, 6.45) is 0. The van der Waals surface area contributed by atoms with Crippen LogP contribution in [0.1, 0.15) is 17.3 Å². The molecule has 0 heterocycles. The van der Waals surface area contributed by atoms with Gasteiger partial charge < -0.3 is 30.6 Å². The van der Waals surface area contributed by atoms with Gasteiger partial charge in [0.2, 0.25) is 5.91 Å². The summed E-state index contributed by atoms with van der Waals surface area (Å²) in [6, 6.07) is 10.8. The van der Waals surface area contributed by atoms with E-state index in [1.54, 1.807) is 24.3 Å². The van der Waals surface area contributed by atoms with Gasteiger partial charge in [-0.2, -0.15) is 0 Å². The second-order valence-corrected chi connectivity index (χ2v) is 5.95. The van der Waals surface area contributed by atoms with E-state index in [0.717, 1.165) is 0 Å². The smallest absolute Gasteiger partial charge is 0.344 e. The first-order chi connectivity index (χ1) is 14.3. The maximum absolute atomic E-state index is 12.1. The van der Waals surface area contributed by atoms with Gasteiger partial charge in [0, 0.05) is 12.6 Å². The number of nitrogens with one attached hydrogen (secondary N) is 2. The lowest BCUT2D eigenvalue weighted by Crippen LogP contribution is -2.24. The minimum atomic E-state index is -0.816. The monoisotopic (exact) mass is 415 g/mol. The van der Waals surface area contributed by atoms with Crippen LogP contribution in [0.2, 0.25) is 0 Å². The van der Waals surface area contributed by atoms with Crippen molar-refractivity contribution in [1.29, 1.82) is 0 Å². The molecule has 10 nitrogen and oxygen atoms in total. The molecule has 4 N–H and O–H groups in total. The number of hydrogen-bond donors (Lipinski definition) is 3. The van der Waals surface area contributed by atoms with Crippen LogP contribution in [0, 0.1) is 0 Å². The van der Waals surface area contributed by atoms with Gasteiger partial charge in [-0.25, -0.2) is 4.79 Å². The molecule has 158 valence electrons. The number of anilines is 2. The normalized spacial score (nSPS) is 9.93. The van der Waals surface area contributed by atoms with E-state index in [4.69, 9.17) is 19.9 Å². The van der Waals surface area contributed by atoms with Crippen LogP contribution in [-0.2, 0) is 19.1 Å². The number of nitrogens with two attached hydrogens (primary N) is 1. The van der Waals surface area contributed by atoms with Crippen molar-refractivity contribution in [3.05, 3.63) is 48.0 Å². The summed E-state index contributed by atoms with van der Waals surface area (Å²) in [5, 5.41) is 5.12. The van der Waals surface area contributed by atoms with Crippen LogP contribution in [0.25, 0.3) is 0 Å². The predicted molar refractivity (Wildman–Crippen MR) is 107 cm³/mol.